The Hall–Kier alpha value is -3.13. The maximum absolute atomic E-state index is 12.7. The minimum Gasteiger partial charge on any atom is -0.495 e. The fraction of sp³-hybridized carbons (Fsp3) is 0.200. The number of sulfonamides is 1. The van der Waals surface area contributed by atoms with Crippen LogP contribution in [0.25, 0.3) is 10.9 Å². The van der Waals surface area contributed by atoms with Crippen LogP contribution in [-0.4, -0.2) is 39.2 Å². The van der Waals surface area contributed by atoms with Crippen molar-refractivity contribution in [3.8, 4) is 5.75 Å². The summed E-state index contributed by atoms with van der Waals surface area (Å²) in [6.07, 6.45) is 2.65. The van der Waals surface area contributed by atoms with Crippen LogP contribution in [0.3, 0.4) is 0 Å². The number of hydrogen-bond acceptors (Lipinski definition) is 5. The molecule has 0 saturated carbocycles. The first kappa shape index (κ1) is 19.6. The molecule has 0 aliphatic carbocycles. The summed E-state index contributed by atoms with van der Waals surface area (Å²) in [4.78, 5) is 17.0. The minimum atomic E-state index is -3.72. The van der Waals surface area contributed by atoms with E-state index in [-0.39, 0.29) is 6.54 Å². The van der Waals surface area contributed by atoms with Crippen LogP contribution < -0.4 is 14.4 Å². The van der Waals surface area contributed by atoms with E-state index in [9.17, 15) is 13.2 Å². The molecule has 0 aliphatic heterocycles. The maximum Gasteiger partial charge on any atom is 0.245 e. The molecule has 0 aliphatic rings. The Morgan fingerprint density at radius 1 is 1.18 bits per heavy atom. The molecule has 0 atom stereocenters. The quantitative estimate of drug-likeness (QED) is 0.688. The molecular weight excluding hydrogens is 378 g/mol. The van der Waals surface area contributed by atoms with Gasteiger partial charge in [-0.15, -0.1) is 0 Å². The average molecular weight is 399 g/mol. The summed E-state index contributed by atoms with van der Waals surface area (Å²) < 4.78 is 31.2. The molecule has 1 amide bonds. The van der Waals surface area contributed by atoms with Crippen molar-refractivity contribution in [3.63, 3.8) is 0 Å². The van der Waals surface area contributed by atoms with E-state index in [0.717, 1.165) is 21.5 Å². The fourth-order valence-electron chi connectivity index (χ4n) is 2.91. The number of benzene rings is 2. The Kier molecular flexibility index (Phi) is 5.51. The summed E-state index contributed by atoms with van der Waals surface area (Å²) in [6, 6.07) is 14.2. The largest absolute Gasteiger partial charge is 0.495 e. The zero-order valence-electron chi connectivity index (χ0n) is 15.8. The predicted octanol–water partition coefficient (Wildman–Crippen LogP) is 2.96. The van der Waals surface area contributed by atoms with Crippen LogP contribution >= 0.6 is 0 Å². The molecule has 0 radical (unpaired) electrons. The number of aryl methyl sites for hydroxylation is 1. The molecular formula is C20H21N3O4S. The topological polar surface area (TPSA) is 88.6 Å². The van der Waals surface area contributed by atoms with Gasteiger partial charge in [-0.3, -0.25) is 14.1 Å². The number of carbonyl (C=O) groups excluding carboxylic acids is 1. The molecule has 1 N–H and O–H groups in total. The molecule has 146 valence electrons. The van der Waals surface area contributed by atoms with E-state index in [1.807, 2.05) is 25.1 Å². The molecule has 2 aromatic carbocycles. The second kappa shape index (κ2) is 7.85. The lowest BCUT2D eigenvalue weighted by atomic mass is 10.2. The highest BCUT2D eigenvalue weighted by Gasteiger charge is 2.23. The number of fused-ring (bicyclic) bond motifs is 1. The molecule has 8 heteroatoms. The normalized spacial score (nSPS) is 11.2. The molecule has 0 bridgehead atoms. The van der Waals surface area contributed by atoms with E-state index in [2.05, 4.69) is 10.3 Å². The van der Waals surface area contributed by atoms with E-state index in [1.54, 1.807) is 36.5 Å². The number of para-hydroxylation sites is 1. The number of anilines is 2. The summed E-state index contributed by atoms with van der Waals surface area (Å²) in [5.41, 5.74) is 2.29. The van der Waals surface area contributed by atoms with E-state index < -0.39 is 15.9 Å². The van der Waals surface area contributed by atoms with Crippen molar-refractivity contribution < 1.29 is 17.9 Å². The summed E-state index contributed by atoms with van der Waals surface area (Å²) in [6.45, 7) is 1.51. The number of pyridine rings is 1. The highest BCUT2D eigenvalue weighted by atomic mass is 32.2. The van der Waals surface area contributed by atoms with Crippen LogP contribution in [0.5, 0.6) is 5.75 Å². The predicted molar refractivity (Wildman–Crippen MR) is 110 cm³/mol. The third-order valence-corrected chi connectivity index (χ3v) is 5.32. The van der Waals surface area contributed by atoms with Crippen LogP contribution in [0.1, 0.15) is 5.56 Å². The number of nitrogens with one attached hydrogen (secondary N) is 1. The SMILES string of the molecule is COc1ccc(C)cc1NC(=O)CN(c1cccc2cccnc12)S(C)(=O)=O. The summed E-state index contributed by atoms with van der Waals surface area (Å²) in [5, 5.41) is 3.52. The van der Waals surface area contributed by atoms with Gasteiger partial charge in [0.15, 0.2) is 0 Å². The Balaban J connectivity index is 1.94. The van der Waals surface area contributed by atoms with Crippen molar-refractivity contribution in [3.05, 3.63) is 60.3 Å². The Labute approximate surface area is 164 Å². The number of nitrogens with zero attached hydrogens (tertiary/aromatic N) is 2. The first-order valence-electron chi connectivity index (χ1n) is 8.55. The maximum atomic E-state index is 12.7. The molecule has 0 unspecified atom stereocenters. The summed E-state index contributed by atoms with van der Waals surface area (Å²) in [7, 11) is -2.21. The van der Waals surface area contributed by atoms with Gasteiger partial charge in [0.25, 0.3) is 0 Å². The smallest absolute Gasteiger partial charge is 0.245 e. The van der Waals surface area contributed by atoms with Crippen LogP contribution in [0, 0.1) is 6.92 Å². The van der Waals surface area contributed by atoms with Crippen molar-refractivity contribution in [1.82, 2.24) is 4.98 Å². The molecule has 1 heterocycles. The summed E-state index contributed by atoms with van der Waals surface area (Å²) >= 11 is 0. The highest BCUT2D eigenvalue weighted by molar-refractivity contribution is 7.92. The average Bonchev–Trinajstić information content (AvgIpc) is 2.65. The van der Waals surface area contributed by atoms with E-state index >= 15 is 0 Å². The number of rotatable bonds is 6. The molecule has 7 nitrogen and oxygen atoms in total. The number of methoxy groups -OCH3 is 1. The lowest BCUT2D eigenvalue weighted by molar-refractivity contribution is -0.114. The zero-order valence-corrected chi connectivity index (χ0v) is 16.7. The molecule has 3 rings (SSSR count). The fourth-order valence-corrected chi connectivity index (χ4v) is 3.77. The first-order valence-corrected chi connectivity index (χ1v) is 10.4. The van der Waals surface area contributed by atoms with Gasteiger partial charge in [0.1, 0.15) is 12.3 Å². The van der Waals surface area contributed by atoms with Crippen molar-refractivity contribution in [2.45, 2.75) is 6.92 Å². The molecule has 3 aromatic rings. The van der Waals surface area contributed by atoms with Gasteiger partial charge >= 0.3 is 0 Å². The number of hydrogen-bond donors (Lipinski definition) is 1. The standard InChI is InChI=1S/C20H21N3O4S/c1-14-9-10-18(27-2)16(12-14)22-19(24)13-23(28(3,25)26)17-8-4-6-15-7-5-11-21-20(15)17/h4-12H,13H2,1-3H3,(H,22,24). The number of amides is 1. The molecule has 0 spiro atoms. The highest BCUT2D eigenvalue weighted by Crippen LogP contribution is 2.28. The lowest BCUT2D eigenvalue weighted by Crippen LogP contribution is -2.37. The number of carbonyl (C=O) groups is 1. The van der Waals surface area contributed by atoms with Crippen LogP contribution in [-0.2, 0) is 14.8 Å². The summed E-state index contributed by atoms with van der Waals surface area (Å²) in [5.74, 6) is 0.0129. The van der Waals surface area contributed by atoms with Crippen molar-refractivity contribution in [2.24, 2.45) is 0 Å². The molecule has 28 heavy (non-hydrogen) atoms. The molecule has 0 fully saturated rings. The number of aromatic nitrogens is 1. The van der Waals surface area contributed by atoms with Gasteiger partial charge in [-0.05, 0) is 36.8 Å². The van der Waals surface area contributed by atoms with Crippen LogP contribution in [0.2, 0.25) is 0 Å². The molecule has 1 aromatic heterocycles. The first-order chi connectivity index (χ1) is 13.3. The van der Waals surface area contributed by atoms with Gasteiger partial charge in [0.05, 0.1) is 30.3 Å². The van der Waals surface area contributed by atoms with Crippen molar-refractivity contribution in [2.75, 3.05) is 29.5 Å². The monoisotopic (exact) mass is 399 g/mol. The Morgan fingerprint density at radius 2 is 1.93 bits per heavy atom. The third kappa shape index (κ3) is 4.23. The van der Waals surface area contributed by atoms with E-state index in [0.29, 0.717) is 22.6 Å². The van der Waals surface area contributed by atoms with Crippen LogP contribution in [0.15, 0.2) is 54.7 Å². The lowest BCUT2D eigenvalue weighted by Gasteiger charge is -2.23. The van der Waals surface area contributed by atoms with Crippen LogP contribution in [0.4, 0.5) is 11.4 Å². The third-order valence-electron chi connectivity index (χ3n) is 4.20. The van der Waals surface area contributed by atoms with Gasteiger partial charge < -0.3 is 10.1 Å². The molecule has 0 saturated heterocycles. The van der Waals surface area contributed by atoms with Gasteiger partial charge in [0.2, 0.25) is 15.9 Å². The van der Waals surface area contributed by atoms with Gasteiger partial charge in [-0.1, -0.05) is 24.3 Å². The van der Waals surface area contributed by atoms with Gasteiger partial charge in [-0.25, -0.2) is 8.42 Å². The second-order valence-corrected chi connectivity index (χ2v) is 8.28. The van der Waals surface area contributed by atoms with Crippen molar-refractivity contribution >= 4 is 38.2 Å². The number of ether oxygens (including phenoxy) is 1. The van der Waals surface area contributed by atoms with E-state index in [4.69, 9.17) is 4.74 Å². The Morgan fingerprint density at radius 3 is 2.64 bits per heavy atom. The zero-order chi connectivity index (χ0) is 20.3. The van der Waals surface area contributed by atoms with Gasteiger partial charge in [-0.2, -0.15) is 0 Å². The Bertz CT molecular complexity index is 1120. The van der Waals surface area contributed by atoms with Crippen molar-refractivity contribution in [1.29, 1.82) is 0 Å². The van der Waals surface area contributed by atoms with Gasteiger partial charge in [0, 0.05) is 11.6 Å². The second-order valence-electron chi connectivity index (χ2n) is 6.37. The minimum absolute atomic E-state index is 0.354. The van der Waals surface area contributed by atoms with E-state index in [1.165, 1.54) is 7.11 Å².